The summed E-state index contributed by atoms with van der Waals surface area (Å²) < 4.78 is 11.1. The van der Waals surface area contributed by atoms with Crippen LogP contribution in [0.3, 0.4) is 0 Å². The monoisotopic (exact) mass is 404 g/mol. The maximum Gasteiger partial charge on any atom is 0.310 e. The van der Waals surface area contributed by atoms with E-state index in [1.54, 1.807) is 0 Å². The number of aryl methyl sites for hydroxylation is 1. The van der Waals surface area contributed by atoms with Gasteiger partial charge in [0, 0.05) is 22.1 Å². The van der Waals surface area contributed by atoms with E-state index in [0.717, 1.165) is 54.7 Å². The highest BCUT2D eigenvalue weighted by Gasteiger charge is 2.35. The summed E-state index contributed by atoms with van der Waals surface area (Å²) in [5, 5.41) is 0. The Kier molecular flexibility index (Phi) is 7.21. The summed E-state index contributed by atoms with van der Waals surface area (Å²) >= 11 is 0. The van der Waals surface area contributed by atoms with Gasteiger partial charge < -0.3 is 9.47 Å². The maximum absolute atomic E-state index is 12.0. The van der Waals surface area contributed by atoms with Crippen molar-refractivity contribution in [1.29, 1.82) is 0 Å². The molecule has 0 radical (unpaired) electrons. The first-order valence-electron chi connectivity index (χ1n) is 11.1. The number of hydrogen-bond donors (Lipinski definition) is 0. The van der Waals surface area contributed by atoms with Crippen molar-refractivity contribution >= 4 is 5.97 Å². The second kappa shape index (κ2) is 9.85. The van der Waals surface area contributed by atoms with Gasteiger partial charge in [-0.15, -0.1) is 0 Å². The fourth-order valence-corrected chi connectivity index (χ4v) is 4.34. The van der Waals surface area contributed by atoms with Crippen LogP contribution in [0.15, 0.2) is 36.4 Å². The second-order valence-electron chi connectivity index (χ2n) is 7.83. The van der Waals surface area contributed by atoms with Crippen LogP contribution < -0.4 is 4.74 Å². The quantitative estimate of drug-likeness (QED) is 0.465. The molecule has 0 spiro atoms. The van der Waals surface area contributed by atoms with E-state index >= 15 is 0 Å². The molecule has 0 amide bonds. The molecule has 2 aromatic rings. The molecule has 1 aliphatic heterocycles. The first-order chi connectivity index (χ1) is 14.6. The molecule has 30 heavy (non-hydrogen) atoms. The first-order valence-corrected chi connectivity index (χ1v) is 11.1. The Bertz CT molecular complexity index is 958. The molecule has 3 rings (SSSR count). The number of esters is 1. The smallest absolute Gasteiger partial charge is 0.310 e. The molecule has 0 aromatic heterocycles. The largest absolute Gasteiger partial charge is 0.493 e. The molecule has 3 heteroatoms. The van der Waals surface area contributed by atoms with Crippen LogP contribution in [-0.4, -0.2) is 19.2 Å². The minimum atomic E-state index is -0.220. The summed E-state index contributed by atoms with van der Waals surface area (Å²) in [6, 6.07) is 12.2. The summed E-state index contributed by atoms with van der Waals surface area (Å²) in [6.45, 7) is 9.68. The Morgan fingerprint density at radius 3 is 2.47 bits per heavy atom. The lowest BCUT2D eigenvalue weighted by Gasteiger charge is -2.38. The van der Waals surface area contributed by atoms with Crippen molar-refractivity contribution in [2.45, 2.75) is 65.2 Å². The van der Waals surface area contributed by atoms with Crippen LogP contribution in [0.25, 0.3) is 0 Å². The molecule has 0 saturated carbocycles. The minimum Gasteiger partial charge on any atom is -0.493 e. The van der Waals surface area contributed by atoms with Crippen molar-refractivity contribution in [2.24, 2.45) is 0 Å². The van der Waals surface area contributed by atoms with Crippen molar-refractivity contribution in [3.8, 4) is 17.6 Å². The van der Waals surface area contributed by atoms with Gasteiger partial charge in [0.15, 0.2) is 0 Å². The van der Waals surface area contributed by atoms with Crippen LogP contribution in [0.1, 0.15) is 74.8 Å². The Morgan fingerprint density at radius 2 is 1.77 bits per heavy atom. The van der Waals surface area contributed by atoms with Crippen LogP contribution in [0.4, 0.5) is 0 Å². The molecule has 2 aromatic carbocycles. The van der Waals surface area contributed by atoms with Gasteiger partial charge in [-0.05, 0) is 61.9 Å². The predicted molar refractivity (Wildman–Crippen MR) is 121 cm³/mol. The number of ether oxygens (including phenoxy) is 2. The molecule has 3 nitrogen and oxygen atoms in total. The number of benzene rings is 2. The third-order valence-corrected chi connectivity index (χ3v) is 6.34. The molecular weight excluding hydrogens is 372 g/mol. The number of fused-ring (bicyclic) bond motifs is 1. The fraction of sp³-hybridized carbons (Fsp3) is 0.444. The molecule has 0 atom stereocenters. The van der Waals surface area contributed by atoms with Crippen molar-refractivity contribution in [3.05, 3.63) is 64.2 Å². The normalized spacial score (nSPS) is 14.1. The molecule has 158 valence electrons. The lowest BCUT2D eigenvalue weighted by atomic mass is 9.71. The van der Waals surface area contributed by atoms with E-state index < -0.39 is 0 Å². The average Bonchev–Trinajstić information content (AvgIpc) is 2.77. The van der Waals surface area contributed by atoms with Gasteiger partial charge in [0.25, 0.3) is 0 Å². The Labute approximate surface area is 180 Å². The van der Waals surface area contributed by atoms with Crippen molar-refractivity contribution < 1.29 is 14.3 Å². The van der Waals surface area contributed by atoms with Crippen molar-refractivity contribution in [3.63, 3.8) is 0 Å². The summed E-state index contributed by atoms with van der Waals surface area (Å²) in [4.78, 5) is 12.0. The summed E-state index contributed by atoms with van der Waals surface area (Å²) in [5.74, 6) is 7.53. The topological polar surface area (TPSA) is 35.5 Å². The van der Waals surface area contributed by atoms with E-state index in [1.165, 1.54) is 11.1 Å². The van der Waals surface area contributed by atoms with Crippen LogP contribution >= 0.6 is 0 Å². The molecule has 0 saturated heterocycles. The third-order valence-electron chi connectivity index (χ3n) is 6.34. The van der Waals surface area contributed by atoms with Gasteiger partial charge in [-0.25, -0.2) is 0 Å². The van der Waals surface area contributed by atoms with Crippen LogP contribution in [0.2, 0.25) is 0 Å². The van der Waals surface area contributed by atoms with Crippen molar-refractivity contribution in [2.75, 3.05) is 13.2 Å². The molecule has 1 aliphatic rings. The zero-order chi connectivity index (χ0) is 21.6. The van der Waals surface area contributed by atoms with Gasteiger partial charge in [0.2, 0.25) is 0 Å². The Balaban J connectivity index is 2.02. The summed E-state index contributed by atoms with van der Waals surface area (Å²) in [6.07, 6.45) is 4.39. The number of hydrogen-bond acceptors (Lipinski definition) is 3. The first kappa shape index (κ1) is 22.0. The van der Waals surface area contributed by atoms with Gasteiger partial charge >= 0.3 is 5.97 Å². The number of carbonyl (C=O) groups is 1. The predicted octanol–water partition coefficient (Wildman–Crippen LogP) is 5.59. The number of rotatable bonds is 6. The Morgan fingerprint density at radius 1 is 1.03 bits per heavy atom. The zero-order valence-corrected chi connectivity index (χ0v) is 18.6. The minimum absolute atomic E-state index is 0.165. The van der Waals surface area contributed by atoms with Gasteiger partial charge in [0.1, 0.15) is 5.75 Å². The number of carbonyl (C=O) groups excluding carboxylic acids is 1. The molecule has 0 fully saturated rings. The van der Waals surface area contributed by atoms with E-state index in [2.05, 4.69) is 44.7 Å². The molecular formula is C27H32O3. The molecule has 0 aliphatic carbocycles. The van der Waals surface area contributed by atoms with Gasteiger partial charge in [0.05, 0.1) is 19.6 Å². The second-order valence-corrected chi connectivity index (χ2v) is 7.83. The lowest BCUT2D eigenvalue weighted by molar-refractivity contribution is -0.142. The maximum atomic E-state index is 12.0. The van der Waals surface area contributed by atoms with E-state index in [-0.39, 0.29) is 17.8 Å². The highest BCUT2D eigenvalue weighted by Crippen LogP contribution is 2.44. The van der Waals surface area contributed by atoms with Gasteiger partial charge in [-0.2, -0.15) is 0 Å². The molecule has 0 bridgehead atoms. The van der Waals surface area contributed by atoms with Crippen LogP contribution in [0, 0.1) is 11.8 Å². The van der Waals surface area contributed by atoms with E-state index in [9.17, 15) is 4.79 Å². The average molecular weight is 405 g/mol. The standard InChI is InChI=1S/C27H32O3/c1-5-20-18-25-24(27(6-2,7-3)15-16-30-25)17-23(20)14-13-21-11-9-10-12-22(21)19-26(28)29-8-4/h9-12,17-18H,5-8,15-16,19H2,1-4H3. The molecule has 0 unspecified atom stereocenters. The molecule has 1 heterocycles. The summed E-state index contributed by atoms with van der Waals surface area (Å²) in [5.41, 5.74) is 5.49. The fourth-order valence-electron chi connectivity index (χ4n) is 4.34. The van der Waals surface area contributed by atoms with Crippen LogP contribution in [-0.2, 0) is 27.8 Å². The summed E-state index contributed by atoms with van der Waals surface area (Å²) in [7, 11) is 0. The van der Waals surface area contributed by atoms with Gasteiger partial charge in [-0.1, -0.05) is 50.8 Å². The van der Waals surface area contributed by atoms with Gasteiger partial charge in [-0.3, -0.25) is 4.79 Å². The third kappa shape index (κ3) is 4.54. The highest BCUT2D eigenvalue weighted by molar-refractivity contribution is 5.73. The highest BCUT2D eigenvalue weighted by atomic mass is 16.5. The van der Waals surface area contributed by atoms with Crippen molar-refractivity contribution in [1.82, 2.24) is 0 Å². The molecule has 0 N–H and O–H groups in total. The van der Waals surface area contributed by atoms with E-state index in [1.807, 2.05) is 31.2 Å². The van der Waals surface area contributed by atoms with E-state index in [0.29, 0.717) is 6.61 Å². The SMILES string of the molecule is CCOC(=O)Cc1ccccc1C#Cc1cc2c(cc1CC)OCCC2(CC)CC. The lowest BCUT2D eigenvalue weighted by Crippen LogP contribution is -2.32. The zero-order valence-electron chi connectivity index (χ0n) is 18.6. The van der Waals surface area contributed by atoms with E-state index in [4.69, 9.17) is 9.47 Å². The Hall–Kier alpha value is -2.73. The van der Waals surface area contributed by atoms with Crippen LogP contribution in [0.5, 0.6) is 5.75 Å².